The van der Waals surface area contributed by atoms with Gasteiger partial charge in [0.15, 0.2) is 12.4 Å². The highest BCUT2D eigenvalue weighted by Gasteiger charge is 2.47. The van der Waals surface area contributed by atoms with E-state index in [1.165, 1.54) is 57.8 Å². The molecule has 1 saturated heterocycles. The molecule has 11 heteroatoms. The number of allylic oxidation sites excluding steroid dienone is 11. The van der Waals surface area contributed by atoms with Gasteiger partial charge in [-0.1, -0.05) is 203 Å². The van der Waals surface area contributed by atoms with Crippen molar-refractivity contribution in [3.63, 3.8) is 0 Å². The van der Waals surface area contributed by atoms with E-state index in [9.17, 15) is 35.1 Å². The summed E-state index contributed by atoms with van der Waals surface area (Å²) in [6.07, 6.45) is 43.8. The zero-order valence-corrected chi connectivity index (χ0v) is 42.2. The van der Waals surface area contributed by atoms with Crippen LogP contribution in [0.3, 0.4) is 0 Å². The van der Waals surface area contributed by atoms with Gasteiger partial charge in [-0.3, -0.25) is 9.59 Å². The molecule has 0 bridgehead atoms. The lowest BCUT2D eigenvalue weighted by atomic mass is 9.99. The maximum Gasteiger partial charge on any atom is 0.306 e. The number of rotatable bonds is 43. The molecule has 0 aromatic heterocycles. The van der Waals surface area contributed by atoms with Crippen LogP contribution >= 0.6 is 0 Å². The Labute approximate surface area is 407 Å². The van der Waals surface area contributed by atoms with Gasteiger partial charge in [-0.15, -0.1) is 0 Å². The Balaban J connectivity index is 2.79. The van der Waals surface area contributed by atoms with Crippen LogP contribution in [0.15, 0.2) is 72.9 Å². The quantitative estimate of drug-likeness (QED) is 0.0149. The number of aliphatic hydroxyl groups is 5. The largest absolute Gasteiger partial charge is 0.454 e. The number of ether oxygens (including phenoxy) is 3. The lowest BCUT2D eigenvalue weighted by Crippen LogP contribution is -2.61. The van der Waals surface area contributed by atoms with Crippen LogP contribution in [0.5, 0.6) is 0 Å². The Kier molecular flexibility index (Phi) is 41.1. The number of nitrogens with one attached hydrogen (secondary N) is 1. The Hall–Kier alpha value is -2.90. The predicted molar refractivity (Wildman–Crippen MR) is 273 cm³/mol. The minimum Gasteiger partial charge on any atom is -0.454 e. The van der Waals surface area contributed by atoms with Crippen LogP contribution in [0.2, 0.25) is 0 Å². The van der Waals surface area contributed by atoms with Gasteiger partial charge >= 0.3 is 5.97 Å². The Morgan fingerprint density at radius 2 is 1.07 bits per heavy atom. The highest BCUT2D eigenvalue weighted by molar-refractivity contribution is 5.80. The van der Waals surface area contributed by atoms with Crippen LogP contribution in [-0.2, 0) is 23.8 Å². The van der Waals surface area contributed by atoms with Crippen molar-refractivity contribution in [2.45, 2.75) is 256 Å². The lowest BCUT2D eigenvalue weighted by molar-refractivity contribution is -0.305. The Bertz CT molecular complexity index is 1360. The number of carbonyl (C=O) groups excluding carboxylic acids is 2. The van der Waals surface area contributed by atoms with Gasteiger partial charge < -0.3 is 45.1 Å². The molecule has 1 aliphatic rings. The Morgan fingerprint density at radius 3 is 1.64 bits per heavy atom. The van der Waals surface area contributed by atoms with Gasteiger partial charge in [-0.05, 0) is 70.6 Å². The fraction of sp³-hybridized carbons (Fsp3) is 0.750. The molecule has 0 aromatic carbocycles. The van der Waals surface area contributed by atoms with Crippen molar-refractivity contribution in [1.29, 1.82) is 0 Å². The fourth-order valence-electron chi connectivity index (χ4n) is 7.87. The minimum atomic E-state index is -1.62. The van der Waals surface area contributed by atoms with Gasteiger partial charge in [0.05, 0.1) is 25.4 Å². The maximum atomic E-state index is 13.3. The molecule has 1 amide bonds. The van der Waals surface area contributed by atoms with Crippen LogP contribution in [0, 0.1) is 0 Å². The van der Waals surface area contributed by atoms with Crippen LogP contribution < -0.4 is 5.32 Å². The molecular formula is C56H97NO10. The number of aliphatic hydroxyl groups excluding tert-OH is 5. The molecule has 386 valence electrons. The third-order valence-electron chi connectivity index (χ3n) is 12.2. The van der Waals surface area contributed by atoms with Gasteiger partial charge in [-0.25, -0.2) is 0 Å². The van der Waals surface area contributed by atoms with Crippen molar-refractivity contribution in [2.24, 2.45) is 0 Å². The molecule has 8 atom stereocenters. The second-order valence-corrected chi connectivity index (χ2v) is 18.3. The van der Waals surface area contributed by atoms with E-state index >= 15 is 0 Å². The molecule has 0 aliphatic carbocycles. The van der Waals surface area contributed by atoms with Crippen molar-refractivity contribution < 1.29 is 49.3 Å². The highest BCUT2D eigenvalue weighted by atomic mass is 16.7. The van der Waals surface area contributed by atoms with Gasteiger partial charge in [-0.2, -0.15) is 0 Å². The summed E-state index contributed by atoms with van der Waals surface area (Å²) in [5.41, 5.74) is 0. The molecule has 0 radical (unpaired) electrons. The van der Waals surface area contributed by atoms with Crippen molar-refractivity contribution in [1.82, 2.24) is 5.32 Å². The first kappa shape index (κ1) is 62.1. The topological polar surface area (TPSA) is 175 Å². The second-order valence-electron chi connectivity index (χ2n) is 18.3. The summed E-state index contributed by atoms with van der Waals surface area (Å²) in [5.74, 6) is -1.24. The Morgan fingerprint density at radius 1 is 0.597 bits per heavy atom. The third-order valence-corrected chi connectivity index (χ3v) is 12.2. The molecule has 1 fully saturated rings. The molecule has 11 nitrogen and oxygen atoms in total. The zero-order valence-electron chi connectivity index (χ0n) is 42.2. The van der Waals surface area contributed by atoms with Gasteiger partial charge in [0.2, 0.25) is 5.91 Å². The molecule has 0 saturated carbocycles. The van der Waals surface area contributed by atoms with Crippen LogP contribution in [0.1, 0.15) is 207 Å². The molecule has 6 N–H and O–H groups in total. The summed E-state index contributed by atoms with van der Waals surface area (Å²) >= 11 is 0. The van der Waals surface area contributed by atoms with Crippen LogP contribution in [0.4, 0.5) is 0 Å². The minimum absolute atomic E-state index is 0.0962. The maximum absolute atomic E-state index is 13.3. The summed E-state index contributed by atoms with van der Waals surface area (Å²) in [6.45, 7) is 5.56. The average molecular weight is 944 g/mol. The van der Waals surface area contributed by atoms with Crippen LogP contribution in [0.25, 0.3) is 0 Å². The first-order chi connectivity index (χ1) is 32.7. The highest BCUT2D eigenvalue weighted by Crippen LogP contribution is 2.26. The number of hydrogen-bond donors (Lipinski definition) is 6. The summed E-state index contributed by atoms with van der Waals surface area (Å²) in [7, 11) is 0. The first-order valence-electron chi connectivity index (χ1n) is 26.8. The number of esters is 1. The summed E-state index contributed by atoms with van der Waals surface area (Å²) in [4.78, 5) is 26.3. The fourth-order valence-corrected chi connectivity index (χ4v) is 7.87. The summed E-state index contributed by atoms with van der Waals surface area (Å²) < 4.78 is 17.5. The molecule has 1 aliphatic heterocycles. The standard InChI is InChI=1S/C56H97NO10/c1-4-7-10-13-16-19-22-24-26-28-31-34-37-40-43-49(60)55(64)57-47(48(59)42-39-36-33-30-27-21-18-15-12-9-6-3)46-65-56-54(53(63)52(62)50(45-58)66-56)67-51(61)44-41-38-35-32-29-25-23-20-17-14-11-8-5-2/h8,11,14,16-17,19-20,22-24,39,42,47-50,52-54,56,58-60,62-63H,4-7,9-10,12-13,15,18,21,25-38,40-41,43-46H2,1-3H3,(H,57,64)/b11-8+,17-14+,19-16+,23-20-,24-22+,42-39+. The number of carbonyl (C=O) groups is 2. The lowest BCUT2D eigenvalue weighted by Gasteiger charge is -2.41. The van der Waals surface area contributed by atoms with E-state index in [0.29, 0.717) is 12.8 Å². The zero-order chi connectivity index (χ0) is 49.0. The second kappa shape index (κ2) is 44.3. The molecule has 67 heavy (non-hydrogen) atoms. The molecule has 8 unspecified atom stereocenters. The van der Waals surface area contributed by atoms with E-state index in [0.717, 1.165) is 103 Å². The van der Waals surface area contributed by atoms with E-state index in [1.54, 1.807) is 6.08 Å². The van der Waals surface area contributed by atoms with E-state index in [-0.39, 0.29) is 19.4 Å². The molecule has 0 spiro atoms. The van der Waals surface area contributed by atoms with E-state index in [1.807, 2.05) is 24.3 Å². The number of hydrogen-bond acceptors (Lipinski definition) is 10. The van der Waals surface area contributed by atoms with Gasteiger partial charge in [0.1, 0.15) is 24.4 Å². The molecular weight excluding hydrogens is 847 g/mol. The van der Waals surface area contributed by atoms with E-state index < -0.39 is 67.4 Å². The monoisotopic (exact) mass is 944 g/mol. The van der Waals surface area contributed by atoms with Crippen molar-refractivity contribution in [3.8, 4) is 0 Å². The molecule has 0 aromatic rings. The summed E-state index contributed by atoms with van der Waals surface area (Å²) in [5, 5.41) is 56.6. The third kappa shape index (κ3) is 33.3. The SMILES string of the molecule is CC/C=C/C=C/C=C\CCCCCCCC(=O)OC1C(OCC(NC(=O)C(O)CCCCCCC/C=C/C=C/CCCCC)C(O)/C=C/CCCCCCCCCCC)OC(CO)C(O)C1O. The molecule has 1 rings (SSSR count). The van der Waals surface area contributed by atoms with E-state index in [2.05, 4.69) is 68.6 Å². The number of amides is 1. The smallest absolute Gasteiger partial charge is 0.306 e. The molecule has 1 heterocycles. The van der Waals surface area contributed by atoms with Gasteiger partial charge in [0.25, 0.3) is 0 Å². The summed E-state index contributed by atoms with van der Waals surface area (Å²) in [6, 6.07) is -1.04. The van der Waals surface area contributed by atoms with E-state index in [4.69, 9.17) is 14.2 Å². The number of unbranched alkanes of at least 4 members (excludes halogenated alkanes) is 22. The van der Waals surface area contributed by atoms with Gasteiger partial charge in [0, 0.05) is 6.42 Å². The van der Waals surface area contributed by atoms with Crippen molar-refractivity contribution in [2.75, 3.05) is 13.2 Å². The van der Waals surface area contributed by atoms with Crippen molar-refractivity contribution >= 4 is 11.9 Å². The first-order valence-corrected chi connectivity index (χ1v) is 26.8. The normalized spacial score (nSPS) is 20.6. The average Bonchev–Trinajstić information content (AvgIpc) is 3.32. The van der Waals surface area contributed by atoms with Crippen LogP contribution in [-0.4, -0.2) is 99.6 Å². The van der Waals surface area contributed by atoms with Crippen molar-refractivity contribution in [3.05, 3.63) is 72.9 Å². The predicted octanol–water partition coefficient (Wildman–Crippen LogP) is 11.3.